The molecule has 0 spiro atoms. The summed E-state index contributed by atoms with van der Waals surface area (Å²) in [5.41, 5.74) is 0. The lowest BCUT2D eigenvalue weighted by Gasteiger charge is -2.36. The lowest BCUT2D eigenvalue weighted by Crippen LogP contribution is -1.99. The predicted molar refractivity (Wildman–Crippen MR) is 38.6 cm³/mol. The van der Waals surface area contributed by atoms with Crippen LogP contribution in [0.4, 0.5) is 19.4 Å². The third kappa shape index (κ3) is 9.70. The van der Waals surface area contributed by atoms with Crippen LogP contribution in [0.25, 0.3) is 0 Å². The van der Waals surface area contributed by atoms with Gasteiger partial charge >= 0.3 is 10.2 Å². The van der Waals surface area contributed by atoms with Gasteiger partial charge in [0.25, 0.3) is 0 Å². The maximum atomic E-state index is 11.5. The van der Waals surface area contributed by atoms with Crippen LogP contribution in [-0.4, -0.2) is 11.7 Å². The van der Waals surface area contributed by atoms with Gasteiger partial charge in [-0.05, 0) is 12.8 Å². The van der Waals surface area contributed by atoms with Crippen LogP contribution in [0.5, 0.6) is 0 Å². The van der Waals surface area contributed by atoms with Crippen molar-refractivity contribution in [2.24, 2.45) is 0 Å². The molecule has 0 aliphatic carbocycles. The summed E-state index contributed by atoms with van der Waals surface area (Å²) in [5, 5.41) is 7.14. The van der Waals surface area contributed by atoms with E-state index < -0.39 is 15.6 Å². The van der Waals surface area contributed by atoms with Gasteiger partial charge < -0.3 is 5.11 Å². The van der Waals surface area contributed by atoms with Gasteiger partial charge in [0.1, 0.15) is 0 Å². The smallest absolute Gasteiger partial charge is 0.304 e. The molecule has 0 saturated heterocycles. The van der Waals surface area contributed by atoms with Crippen LogP contribution in [0, 0.1) is 0 Å². The highest BCUT2D eigenvalue weighted by molar-refractivity contribution is 8.48. The SMILES string of the molecule is OCCC/C=C/S(F)(F)(F)(F)F. The van der Waals surface area contributed by atoms with E-state index in [0.717, 1.165) is 0 Å². The first-order valence-corrected chi connectivity index (χ1v) is 5.08. The Bertz CT molecular complexity index is 179. The maximum absolute atomic E-state index is 11.5. The van der Waals surface area contributed by atoms with Crippen LogP contribution >= 0.6 is 10.2 Å². The molecule has 76 valence electrons. The van der Waals surface area contributed by atoms with E-state index in [4.69, 9.17) is 5.11 Å². The number of aliphatic hydroxyl groups excluding tert-OH is 1. The summed E-state index contributed by atoms with van der Waals surface area (Å²) in [6.45, 7) is -0.315. The number of rotatable bonds is 4. The molecule has 0 unspecified atom stereocenters. The Balaban J connectivity index is 4.17. The van der Waals surface area contributed by atoms with Crippen molar-refractivity contribution in [3.8, 4) is 0 Å². The molecular formula is C5H9F5OS. The van der Waals surface area contributed by atoms with E-state index in [-0.39, 0.29) is 19.4 Å². The molecule has 12 heavy (non-hydrogen) atoms. The second-order valence-electron chi connectivity index (χ2n) is 2.27. The lowest BCUT2D eigenvalue weighted by molar-refractivity contribution is 0.289. The van der Waals surface area contributed by atoms with Gasteiger partial charge in [0, 0.05) is 6.61 Å². The summed E-state index contributed by atoms with van der Waals surface area (Å²) >= 11 is 0. The van der Waals surface area contributed by atoms with Gasteiger partial charge in [-0.25, -0.2) is 0 Å². The highest BCUT2D eigenvalue weighted by atomic mass is 32.5. The van der Waals surface area contributed by atoms with Gasteiger partial charge in [-0.15, -0.1) is 0 Å². The molecule has 0 aromatic carbocycles. The van der Waals surface area contributed by atoms with E-state index in [2.05, 4.69) is 0 Å². The molecule has 0 fully saturated rings. The van der Waals surface area contributed by atoms with Crippen LogP contribution in [0.2, 0.25) is 0 Å². The molecule has 0 heterocycles. The highest BCUT2D eigenvalue weighted by Gasteiger charge is 2.60. The van der Waals surface area contributed by atoms with Gasteiger partial charge in [0.2, 0.25) is 0 Å². The van der Waals surface area contributed by atoms with E-state index in [1.807, 2.05) is 0 Å². The van der Waals surface area contributed by atoms with Crippen molar-refractivity contribution < 1.29 is 24.5 Å². The summed E-state index contributed by atoms with van der Waals surface area (Å²) in [6.07, 6.45) is 0.171. The molecule has 0 radical (unpaired) electrons. The Kier molecular flexibility index (Phi) is 2.53. The van der Waals surface area contributed by atoms with Crippen LogP contribution in [0.15, 0.2) is 11.5 Å². The van der Waals surface area contributed by atoms with E-state index >= 15 is 0 Å². The minimum absolute atomic E-state index is 0.0460. The lowest BCUT2D eigenvalue weighted by atomic mass is 10.3. The molecule has 1 nitrogen and oxygen atoms in total. The predicted octanol–water partition coefficient (Wildman–Crippen LogP) is 3.57. The zero-order valence-electron chi connectivity index (χ0n) is 6.02. The maximum Gasteiger partial charge on any atom is 0.304 e. The molecule has 0 saturated carbocycles. The second kappa shape index (κ2) is 2.59. The standard InChI is InChI=1S/C5H9F5OS/c6-12(7,8,9,10)5-3-1-2-4-11/h3,5,11H,1-2,4H2/b5-3+. The Morgan fingerprint density at radius 3 is 1.92 bits per heavy atom. The molecule has 0 rings (SSSR count). The number of aliphatic hydroxyl groups is 1. The third-order valence-electron chi connectivity index (χ3n) is 0.882. The van der Waals surface area contributed by atoms with E-state index in [0.29, 0.717) is 6.08 Å². The zero-order valence-corrected chi connectivity index (χ0v) is 6.84. The summed E-state index contributed by atoms with van der Waals surface area (Å²) in [6, 6.07) is 0. The molecule has 0 aromatic rings. The molecule has 0 bridgehead atoms. The van der Waals surface area contributed by atoms with Crippen LogP contribution < -0.4 is 0 Å². The van der Waals surface area contributed by atoms with Crippen molar-refractivity contribution in [1.29, 1.82) is 0 Å². The fraction of sp³-hybridized carbons (Fsp3) is 0.600. The van der Waals surface area contributed by atoms with Gasteiger partial charge in [-0.3, -0.25) is 0 Å². The Morgan fingerprint density at radius 1 is 1.08 bits per heavy atom. The largest absolute Gasteiger partial charge is 0.396 e. The second-order valence-corrected chi connectivity index (χ2v) is 4.60. The van der Waals surface area contributed by atoms with Crippen molar-refractivity contribution in [2.75, 3.05) is 6.61 Å². The minimum Gasteiger partial charge on any atom is -0.396 e. The van der Waals surface area contributed by atoms with E-state index in [9.17, 15) is 19.4 Å². The summed E-state index contributed by atoms with van der Waals surface area (Å²) < 4.78 is 57.5. The fourth-order valence-electron chi connectivity index (χ4n) is 0.459. The molecule has 0 aromatic heterocycles. The Morgan fingerprint density at radius 2 is 1.58 bits per heavy atom. The van der Waals surface area contributed by atoms with Crippen molar-refractivity contribution in [3.63, 3.8) is 0 Å². The summed E-state index contributed by atoms with van der Waals surface area (Å²) in [7, 11) is -9.35. The fourth-order valence-corrected chi connectivity index (χ4v) is 0.959. The third-order valence-corrected chi connectivity index (χ3v) is 1.59. The first-order valence-electron chi connectivity index (χ1n) is 3.07. The molecule has 7 heteroatoms. The van der Waals surface area contributed by atoms with Crippen molar-refractivity contribution >= 4 is 10.2 Å². The van der Waals surface area contributed by atoms with Crippen molar-refractivity contribution in [1.82, 2.24) is 0 Å². The average Bonchev–Trinajstić information content (AvgIpc) is 1.75. The van der Waals surface area contributed by atoms with Crippen LogP contribution in [0.1, 0.15) is 12.8 Å². The van der Waals surface area contributed by atoms with Gasteiger partial charge in [-0.2, -0.15) is 0 Å². The number of hydrogen-bond donors (Lipinski definition) is 1. The monoisotopic (exact) mass is 212 g/mol. The topological polar surface area (TPSA) is 20.2 Å². The molecule has 0 aliphatic heterocycles. The number of allylic oxidation sites excluding steroid dienone is 1. The molecule has 0 aliphatic rings. The van der Waals surface area contributed by atoms with Crippen LogP contribution in [0.3, 0.4) is 0 Å². The average molecular weight is 212 g/mol. The van der Waals surface area contributed by atoms with Gasteiger partial charge in [0.05, 0.1) is 5.41 Å². The minimum atomic E-state index is -9.35. The van der Waals surface area contributed by atoms with Gasteiger partial charge in [0.15, 0.2) is 0 Å². The molecule has 0 amide bonds. The molecule has 1 N–H and O–H groups in total. The quantitative estimate of drug-likeness (QED) is 0.558. The Hall–Kier alpha value is -0.300. The number of halogens is 5. The van der Waals surface area contributed by atoms with Crippen molar-refractivity contribution in [2.45, 2.75) is 12.8 Å². The highest BCUT2D eigenvalue weighted by Crippen LogP contribution is 2.98. The zero-order chi connectivity index (χ0) is 9.94. The van der Waals surface area contributed by atoms with E-state index in [1.54, 1.807) is 0 Å². The number of unbranched alkanes of at least 4 members (excludes halogenated alkanes) is 1. The summed E-state index contributed by atoms with van der Waals surface area (Å²) in [4.78, 5) is 0. The normalized spacial score (nSPS) is 19.2. The van der Waals surface area contributed by atoms with Gasteiger partial charge in [-0.1, -0.05) is 25.5 Å². The molecule has 0 atom stereocenters. The van der Waals surface area contributed by atoms with E-state index in [1.165, 1.54) is 0 Å². The molecular weight excluding hydrogens is 203 g/mol. The first kappa shape index (κ1) is 11.7. The van der Waals surface area contributed by atoms with Crippen LogP contribution in [-0.2, 0) is 0 Å². The Labute approximate surface area is 66.6 Å². The van der Waals surface area contributed by atoms with Crippen molar-refractivity contribution in [3.05, 3.63) is 11.5 Å². The number of hydrogen-bond acceptors (Lipinski definition) is 1. The first-order chi connectivity index (χ1) is 5.04. The summed E-state index contributed by atoms with van der Waals surface area (Å²) in [5.74, 6) is 0.